The SMILES string of the molecule is c1ccc(-c2cc(-c3ccc4c(c3)oc3ccccc34)cc(N(c3ccc(-c4ccccc4)c4ccccc34)c3cccc4c3sc3ccccc34)c2)cc1. The first-order valence-corrected chi connectivity index (χ1v) is 19.5. The standard InChI is InChI=1S/C52H33NOS/c1-3-14-34(15-4-1)37-30-38(36-26-27-44-43-20-9-11-24-49(43)54-50(44)33-36)32-39(31-37)53(48-23-13-22-46-45-21-10-12-25-51(45)55-52(46)48)47-29-28-40(35-16-5-2-6-17-35)41-18-7-8-19-42(41)47/h1-33H. The van der Waals surface area contributed by atoms with E-state index in [2.05, 4.69) is 193 Å². The molecule has 0 spiro atoms. The first-order valence-electron chi connectivity index (χ1n) is 18.7. The number of benzene rings is 9. The molecule has 0 fully saturated rings. The van der Waals surface area contributed by atoms with E-state index in [0.717, 1.165) is 55.7 Å². The number of para-hydroxylation sites is 1. The minimum Gasteiger partial charge on any atom is -0.456 e. The molecule has 0 saturated heterocycles. The summed E-state index contributed by atoms with van der Waals surface area (Å²) in [6.45, 7) is 0. The summed E-state index contributed by atoms with van der Waals surface area (Å²) in [7, 11) is 0. The van der Waals surface area contributed by atoms with E-state index in [0.29, 0.717) is 0 Å². The van der Waals surface area contributed by atoms with Crippen LogP contribution in [-0.2, 0) is 0 Å². The van der Waals surface area contributed by atoms with Crippen molar-refractivity contribution in [3.63, 3.8) is 0 Å². The highest BCUT2D eigenvalue weighted by Gasteiger charge is 2.22. The lowest BCUT2D eigenvalue weighted by molar-refractivity contribution is 0.669. The second kappa shape index (κ2) is 12.9. The number of hydrogen-bond donors (Lipinski definition) is 0. The minimum atomic E-state index is 0.889. The summed E-state index contributed by atoms with van der Waals surface area (Å²) in [6.07, 6.45) is 0. The monoisotopic (exact) mass is 719 g/mol. The summed E-state index contributed by atoms with van der Waals surface area (Å²) in [5.74, 6) is 0. The number of thiophene rings is 1. The zero-order valence-electron chi connectivity index (χ0n) is 29.8. The first kappa shape index (κ1) is 31.6. The Hall–Kier alpha value is -6.94. The van der Waals surface area contributed by atoms with E-state index in [9.17, 15) is 0 Å². The van der Waals surface area contributed by atoms with Gasteiger partial charge < -0.3 is 9.32 Å². The maximum absolute atomic E-state index is 6.41. The van der Waals surface area contributed by atoms with Crippen LogP contribution in [0.3, 0.4) is 0 Å². The second-order valence-electron chi connectivity index (χ2n) is 14.1. The lowest BCUT2D eigenvalue weighted by Crippen LogP contribution is -2.11. The molecular formula is C52H33NOS. The molecule has 55 heavy (non-hydrogen) atoms. The van der Waals surface area contributed by atoms with Crippen molar-refractivity contribution >= 4 is 81.3 Å². The van der Waals surface area contributed by atoms with Crippen LogP contribution in [0.5, 0.6) is 0 Å². The highest BCUT2D eigenvalue weighted by molar-refractivity contribution is 7.26. The van der Waals surface area contributed by atoms with E-state index in [4.69, 9.17) is 4.42 Å². The average molecular weight is 720 g/mol. The van der Waals surface area contributed by atoms with Gasteiger partial charge >= 0.3 is 0 Å². The molecule has 0 N–H and O–H groups in total. The molecule has 258 valence electrons. The normalized spacial score (nSPS) is 11.6. The fourth-order valence-electron chi connectivity index (χ4n) is 8.27. The zero-order chi connectivity index (χ0) is 36.3. The fraction of sp³-hybridized carbons (Fsp3) is 0. The van der Waals surface area contributed by atoms with Crippen LogP contribution in [0, 0.1) is 0 Å². The van der Waals surface area contributed by atoms with Crippen LogP contribution in [0.2, 0.25) is 0 Å². The van der Waals surface area contributed by atoms with Gasteiger partial charge in [-0.3, -0.25) is 0 Å². The van der Waals surface area contributed by atoms with E-state index in [1.165, 1.54) is 47.6 Å². The number of rotatable bonds is 6. The number of anilines is 3. The molecule has 3 heteroatoms. The lowest BCUT2D eigenvalue weighted by Gasteiger charge is -2.29. The molecule has 0 unspecified atom stereocenters. The largest absolute Gasteiger partial charge is 0.456 e. The first-order chi connectivity index (χ1) is 27.3. The third-order valence-corrected chi connectivity index (χ3v) is 12.1. The van der Waals surface area contributed by atoms with Crippen molar-refractivity contribution in [2.75, 3.05) is 4.90 Å². The van der Waals surface area contributed by atoms with E-state index in [-0.39, 0.29) is 0 Å². The molecule has 0 aliphatic carbocycles. The van der Waals surface area contributed by atoms with Crippen LogP contribution in [0.4, 0.5) is 17.1 Å². The average Bonchev–Trinajstić information content (AvgIpc) is 3.83. The van der Waals surface area contributed by atoms with Gasteiger partial charge in [-0.1, -0.05) is 146 Å². The Morgan fingerprint density at radius 2 is 0.982 bits per heavy atom. The third-order valence-electron chi connectivity index (χ3n) is 10.8. The summed E-state index contributed by atoms with van der Waals surface area (Å²) in [4.78, 5) is 2.49. The smallest absolute Gasteiger partial charge is 0.136 e. The maximum Gasteiger partial charge on any atom is 0.136 e. The Bertz CT molecular complexity index is 3210. The molecule has 0 saturated carbocycles. The Morgan fingerprint density at radius 3 is 1.80 bits per heavy atom. The molecule has 2 heterocycles. The Kier molecular flexibility index (Phi) is 7.39. The predicted octanol–water partition coefficient (Wildman–Crippen LogP) is 15.6. The van der Waals surface area contributed by atoms with Gasteiger partial charge in [0.05, 0.1) is 16.1 Å². The summed E-state index contributed by atoms with van der Waals surface area (Å²) >= 11 is 1.86. The molecular weight excluding hydrogens is 687 g/mol. The van der Waals surface area contributed by atoms with Crippen molar-refractivity contribution < 1.29 is 4.42 Å². The Labute approximate surface area is 322 Å². The molecule has 11 aromatic rings. The van der Waals surface area contributed by atoms with Gasteiger partial charge in [-0.05, 0) is 93.4 Å². The number of furan rings is 1. The van der Waals surface area contributed by atoms with Gasteiger partial charge in [0.15, 0.2) is 0 Å². The Balaban J connectivity index is 1.21. The molecule has 11 rings (SSSR count). The second-order valence-corrected chi connectivity index (χ2v) is 15.1. The molecule has 0 amide bonds. The van der Waals surface area contributed by atoms with Crippen LogP contribution in [-0.4, -0.2) is 0 Å². The Morgan fingerprint density at radius 1 is 0.345 bits per heavy atom. The van der Waals surface area contributed by atoms with Crippen LogP contribution >= 0.6 is 11.3 Å². The van der Waals surface area contributed by atoms with Gasteiger partial charge in [0, 0.05) is 37.3 Å². The molecule has 2 aromatic heterocycles. The van der Waals surface area contributed by atoms with E-state index in [1.54, 1.807) is 0 Å². The molecule has 0 aliphatic heterocycles. The molecule has 0 radical (unpaired) electrons. The van der Waals surface area contributed by atoms with Crippen LogP contribution in [0.25, 0.3) is 86.3 Å². The quantitative estimate of drug-likeness (QED) is 0.170. The highest BCUT2D eigenvalue weighted by atomic mass is 32.1. The molecule has 0 atom stereocenters. The van der Waals surface area contributed by atoms with Gasteiger partial charge in [-0.15, -0.1) is 11.3 Å². The molecule has 0 aliphatic rings. The summed E-state index contributed by atoms with van der Waals surface area (Å²) in [6, 6.07) is 72.3. The van der Waals surface area contributed by atoms with Gasteiger partial charge in [-0.25, -0.2) is 0 Å². The minimum absolute atomic E-state index is 0.889. The fourth-order valence-corrected chi connectivity index (χ4v) is 9.48. The number of fused-ring (bicyclic) bond motifs is 7. The highest BCUT2D eigenvalue weighted by Crippen LogP contribution is 2.49. The van der Waals surface area contributed by atoms with Gasteiger partial charge in [0.2, 0.25) is 0 Å². The third kappa shape index (κ3) is 5.32. The number of nitrogens with zero attached hydrogens (tertiary/aromatic N) is 1. The summed E-state index contributed by atoms with van der Waals surface area (Å²) in [5.41, 5.74) is 12.1. The van der Waals surface area contributed by atoms with E-state index < -0.39 is 0 Å². The van der Waals surface area contributed by atoms with Crippen molar-refractivity contribution in [3.05, 3.63) is 200 Å². The summed E-state index contributed by atoms with van der Waals surface area (Å²) in [5, 5.41) is 7.22. The van der Waals surface area contributed by atoms with Crippen molar-refractivity contribution in [2.45, 2.75) is 0 Å². The van der Waals surface area contributed by atoms with Crippen LogP contribution < -0.4 is 4.90 Å². The summed E-state index contributed by atoms with van der Waals surface area (Å²) < 4.78 is 8.95. The lowest BCUT2D eigenvalue weighted by atomic mass is 9.94. The van der Waals surface area contributed by atoms with Crippen molar-refractivity contribution in [3.8, 4) is 33.4 Å². The molecule has 9 aromatic carbocycles. The van der Waals surface area contributed by atoms with Crippen molar-refractivity contribution in [1.82, 2.24) is 0 Å². The zero-order valence-corrected chi connectivity index (χ0v) is 30.6. The van der Waals surface area contributed by atoms with Crippen LogP contribution in [0.15, 0.2) is 205 Å². The topological polar surface area (TPSA) is 16.4 Å². The predicted molar refractivity (Wildman–Crippen MR) is 235 cm³/mol. The van der Waals surface area contributed by atoms with Crippen molar-refractivity contribution in [2.24, 2.45) is 0 Å². The molecule has 0 bridgehead atoms. The molecule has 2 nitrogen and oxygen atoms in total. The van der Waals surface area contributed by atoms with Crippen LogP contribution in [0.1, 0.15) is 0 Å². The van der Waals surface area contributed by atoms with E-state index >= 15 is 0 Å². The van der Waals surface area contributed by atoms with Crippen molar-refractivity contribution in [1.29, 1.82) is 0 Å². The van der Waals surface area contributed by atoms with Gasteiger partial charge in [0.1, 0.15) is 11.2 Å². The van der Waals surface area contributed by atoms with E-state index in [1.807, 2.05) is 23.5 Å². The van der Waals surface area contributed by atoms with Gasteiger partial charge in [-0.2, -0.15) is 0 Å². The van der Waals surface area contributed by atoms with Gasteiger partial charge in [0.25, 0.3) is 0 Å². The maximum atomic E-state index is 6.41. The number of hydrogen-bond acceptors (Lipinski definition) is 3.